The number of nitrogens with zero attached hydrogens (tertiary/aromatic N) is 1. The summed E-state index contributed by atoms with van der Waals surface area (Å²) in [6.45, 7) is 12.2. The van der Waals surface area contributed by atoms with Gasteiger partial charge in [0, 0.05) is 12.6 Å². The number of fused-ring (bicyclic) bond motifs is 1. The van der Waals surface area contributed by atoms with Crippen molar-refractivity contribution in [3.63, 3.8) is 0 Å². The Kier molecular flexibility index (Phi) is 9.93. The third-order valence-corrected chi connectivity index (χ3v) is 9.22. The number of amides is 1. The van der Waals surface area contributed by atoms with Crippen LogP contribution in [0.2, 0.25) is 0 Å². The molecule has 1 amide bonds. The molecule has 0 spiro atoms. The summed E-state index contributed by atoms with van der Waals surface area (Å²) in [5.74, 6) is -3.21. The number of benzene rings is 1. The first kappa shape index (κ1) is 31.2. The van der Waals surface area contributed by atoms with Crippen molar-refractivity contribution in [2.24, 2.45) is 29.6 Å². The van der Waals surface area contributed by atoms with Crippen LogP contribution in [0.3, 0.4) is 0 Å². The van der Waals surface area contributed by atoms with Crippen LogP contribution in [0, 0.1) is 29.6 Å². The molecule has 2 fully saturated rings. The van der Waals surface area contributed by atoms with Crippen LogP contribution in [-0.2, 0) is 27.2 Å². The van der Waals surface area contributed by atoms with Crippen LogP contribution in [0.5, 0.6) is 0 Å². The number of ether oxygens (including phenoxy) is 1. The fraction of sp³-hybridized carbons (Fsp3) is 0.656. The number of carboxylic acid groups (broad SMARTS) is 1. The quantitative estimate of drug-likeness (QED) is 0.209. The van der Waals surface area contributed by atoms with E-state index in [9.17, 15) is 29.7 Å². The van der Waals surface area contributed by atoms with Gasteiger partial charge in [0.1, 0.15) is 6.23 Å². The number of ketones is 1. The van der Waals surface area contributed by atoms with Crippen molar-refractivity contribution in [2.45, 2.75) is 96.7 Å². The Labute approximate surface area is 243 Å². The average Bonchev–Trinajstić information content (AvgIpc) is 3.45. The molecule has 1 aromatic rings. The van der Waals surface area contributed by atoms with Crippen molar-refractivity contribution in [3.8, 4) is 0 Å². The highest BCUT2D eigenvalue weighted by molar-refractivity contribution is 6.34. The van der Waals surface area contributed by atoms with Gasteiger partial charge in [-0.15, -0.1) is 0 Å². The smallest absolute Gasteiger partial charge is 0.407 e. The van der Waals surface area contributed by atoms with Crippen LogP contribution < -0.4 is 5.32 Å². The molecule has 1 saturated carbocycles. The molecule has 4 N–H and O–H groups in total. The molecule has 0 bridgehead atoms. The van der Waals surface area contributed by atoms with Gasteiger partial charge in [0.15, 0.2) is 0 Å². The molecular formula is C32H46N2O7. The van der Waals surface area contributed by atoms with Gasteiger partial charge >= 0.3 is 12.1 Å². The molecule has 0 radical (unpaired) electrons. The van der Waals surface area contributed by atoms with E-state index in [0.717, 1.165) is 12.8 Å². The minimum atomic E-state index is -1.53. The Bertz CT molecular complexity index is 1110. The topological polar surface area (TPSA) is 136 Å². The molecule has 1 heterocycles. The van der Waals surface area contributed by atoms with Crippen LogP contribution in [0.25, 0.3) is 0 Å². The van der Waals surface area contributed by atoms with Crippen molar-refractivity contribution in [1.82, 2.24) is 10.2 Å². The molecular weight excluding hydrogens is 524 g/mol. The summed E-state index contributed by atoms with van der Waals surface area (Å²) >= 11 is 0. The van der Waals surface area contributed by atoms with Crippen molar-refractivity contribution in [3.05, 3.63) is 47.5 Å². The first-order chi connectivity index (χ1) is 19.4. The fourth-order valence-corrected chi connectivity index (χ4v) is 6.88. The zero-order valence-corrected chi connectivity index (χ0v) is 24.7. The predicted octanol–water partition coefficient (Wildman–Crippen LogP) is 3.56. The summed E-state index contributed by atoms with van der Waals surface area (Å²) in [5, 5.41) is 36.2. The number of nitrogens with one attached hydrogen (secondary N) is 1. The second-order valence-corrected chi connectivity index (χ2v) is 12.8. The second-order valence-electron chi connectivity index (χ2n) is 12.8. The zero-order valence-electron chi connectivity index (χ0n) is 24.7. The number of carbonyl (C=O) groups excluding carboxylic acids is 2. The minimum Gasteiger partial charge on any atom is -0.475 e. The third kappa shape index (κ3) is 7.19. The SMILES string of the molecule is C=C(C(CC1CC1)C(=O)C(=O)O)C(O)[C@@H]1[C@@H](C(C)C)CCN1C(O)[C@@H](NC(=O)OC(C)C)C1Cc2ccccc2C1. The van der Waals surface area contributed by atoms with E-state index in [1.165, 1.54) is 11.1 Å². The normalized spacial score (nSPS) is 24.1. The summed E-state index contributed by atoms with van der Waals surface area (Å²) in [5.41, 5.74) is 2.54. The highest BCUT2D eigenvalue weighted by Crippen LogP contribution is 2.42. The summed E-state index contributed by atoms with van der Waals surface area (Å²) in [6, 6.07) is 6.79. The maximum Gasteiger partial charge on any atom is 0.407 e. The number of hydrogen-bond donors (Lipinski definition) is 4. The van der Waals surface area contributed by atoms with Gasteiger partial charge in [0.05, 0.1) is 24.2 Å². The van der Waals surface area contributed by atoms with Gasteiger partial charge in [0.25, 0.3) is 0 Å². The van der Waals surface area contributed by atoms with Gasteiger partial charge in [-0.25, -0.2) is 9.59 Å². The van der Waals surface area contributed by atoms with Crippen LogP contribution in [0.4, 0.5) is 4.79 Å². The number of aliphatic hydroxyl groups excluding tert-OH is 2. The first-order valence-electron chi connectivity index (χ1n) is 15.0. The Hall–Kier alpha value is -2.75. The van der Waals surface area contributed by atoms with Gasteiger partial charge in [-0.2, -0.15) is 0 Å². The maximum atomic E-state index is 12.8. The van der Waals surface area contributed by atoms with Crippen molar-refractivity contribution in [1.29, 1.82) is 0 Å². The largest absolute Gasteiger partial charge is 0.475 e. The lowest BCUT2D eigenvalue weighted by molar-refractivity contribution is -0.151. The average molecular weight is 571 g/mol. The van der Waals surface area contributed by atoms with Crippen molar-refractivity contribution >= 4 is 17.8 Å². The van der Waals surface area contributed by atoms with E-state index >= 15 is 0 Å². The highest BCUT2D eigenvalue weighted by Gasteiger charge is 2.49. The fourth-order valence-electron chi connectivity index (χ4n) is 6.88. The number of Topliss-reactive ketones (excluding diaryl/α,β-unsaturated/α-hetero) is 1. The molecule has 9 nitrogen and oxygen atoms in total. The van der Waals surface area contributed by atoms with Crippen LogP contribution in [0.1, 0.15) is 64.5 Å². The summed E-state index contributed by atoms with van der Waals surface area (Å²) in [7, 11) is 0. The number of likely N-dealkylation sites (tertiary alicyclic amines) is 1. The molecule has 3 aliphatic rings. The highest BCUT2D eigenvalue weighted by atomic mass is 16.6. The molecule has 2 aliphatic carbocycles. The lowest BCUT2D eigenvalue weighted by atomic mass is 9.79. The minimum absolute atomic E-state index is 0.0399. The van der Waals surface area contributed by atoms with E-state index in [4.69, 9.17) is 4.74 Å². The molecule has 1 aromatic carbocycles. The van der Waals surface area contributed by atoms with Crippen molar-refractivity contribution in [2.75, 3.05) is 6.54 Å². The van der Waals surface area contributed by atoms with E-state index in [1.54, 1.807) is 13.8 Å². The molecule has 1 saturated heterocycles. The van der Waals surface area contributed by atoms with E-state index in [2.05, 4.69) is 37.9 Å². The van der Waals surface area contributed by atoms with Crippen molar-refractivity contribution < 1.29 is 34.4 Å². The van der Waals surface area contributed by atoms with Gasteiger partial charge in [-0.1, -0.05) is 57.5 Å². The zero-order chi connectivity index (χ0) is 30.0. The molecule has 4 rings (SSSR count). The van der Waals surface area contributed by atoms with Gasteiger partial charge in [-0.3, -0.25) is 9.69 Å². The monoisotopic (exact) mass is 570 g/mol. The molecule has 41 heavy (non-hydrogen) atoms. The first-order valence-corrected chi connectivity index (χ1v) is 15.0. The van der Waals surface area contributed by atoms with E-state index < -0.39 is 48.2 Å². The molecule has 9 heteroatoms. The Balaban J connectivity index is 1.62. The van der Waals surface area contributed by atoms with Crippen LogP contribution >= 0.6 is 0 Å². The van der Waals surface area contributed by atoms with E-state index in [-0.39, 0.29) is 35.3 Å². The molecule has 6 atom stereocenters. The molecule has 3 unspecified atom stereocenters. The Morgan fingerprint density at radius 2 is 1.66 bits per heavy atom. The Morgan fingerprint density at radius 3 is 2.17 bits per heavy atom. The predicted molar refractivity (Wildman–Crippen MR) is 154 cm³/mol. The van der Waals surface area contributed by atoms with E-state index in [1.807, 2.05) is 17.0 Å². The summed E-state index contributed by atoms with van der Waals surface area (Å²) in [6.07, 6.45) is 0.940. The number of carbonyl (C=O) groups is 3. The van der Waals surface area contributed by atoms with Gasteiger partial charge in [0.2, 0.25) is 5.78 Å². The molecule has 1 aliphatic heterocycles. The third-order valence-electron chi connectivity index (χ3n) is 9.22. The Morgan fingerprint density at radius 1 is 1.05 bits per heavy atom. The second kappa shape index (κ2) is 13.0. The lowest BCUT2D eigenvalue weighted by Crippen LogP contribution is -2.59. The maximum absolute atomic E-state index is 12.8. The van der Waals surface area contributed by atoms with E-state index in [0.29, 0.717) is 32.2 Å². The van der Waals surface area contributed by atoms with Crippen LogP contribution in [-0.4, -0.2) is 75.1 Å². The standard InChI is InChI=1S/C32H46N2O7/c1-17(2)24-12-13-34(27(24)28(35)19(5)25(14-20-10-11-20)29(36)31(38)39)30(37)26(33-32(40)41-18(3)4)23-15-21-8-6-7-9-22(21)16-23/h6-9,17-18,20,23-28,30,35,37H,5,10-16H2,1-4H3,(H,33,40)(H,38,39)/t24-,25?,26+,27+,28?,30?/m1/s1. The summed E-state index contributed by atoms with van der Waals surface area (Å²) < 4.78 is 5.39. The number of alkyl carbamates (subject to hydrolysis) is 1. The molecule has 226 valence electrons. The van der Waals surface area contributed by atoms with Crippen LogP contribution in [0.15, 0.2) is 36.4 Å². The van der Waals surface area contributed by atoms with Gasteiger partial charge < -0.3 is 25.4 Å². The number of hydrogen-bond acceptors (Lipinski definition) is 7. The number of aliphatic hydroxyl groups is 2. The summed E-state index contributed by atoms with van der Waals surface area (Å²) in [4.78, 5) is 39.0. The lowest BCUT2D eigenvalue weighted by Gasteiger charge is -2.42. The number of aliphatic carboxylic acids is 1. The molecule has 0 aromatic heterocycles. The van der Waals surface area contributed by atoms with Gasteiger partial charge in [-0.05, 0) is 79.9 Å². The number of carboxylic acids is 1. The number of rotatable bonds is 13.